The maximum Gasteiger partial charge on any atom is 0.0822 e. The monoisotopic (exact) mass is 323 g/mol. The van der Waals surface area contributed by atoms with E-state index in [0.29, 0.717) is 0 Å². The van der Waals surface area contributed by atoms with Gasteiger partial charge in [-0.15, -0.1) is 0 Å². The lowest BCUT2D eigenvalue weighted by Crippen LogP contribution is -2.33. The first kappa shape index (κ1) is 17.5. The van der Waals surface area contributed by atoms with Crippen LogP contribution in [0.4, 0.5) is 0 Å². The van der Waals surface area contributed by atoms with Crippen molar-refractivity contribution in [3.8, 4) is 6.07 Å². The molecule has 0 unspecified atom stereocenters. The van der Waals surface area contributed by atoms with Crippen LogP contribution in [-0.2, 0) is 11.8 Å². The summed E-state index contributed by atoms with van der Waals surface area (Å²) in [5.74, 6) is 2.80. The van der Waals surface area contributed by atoms with Crippen LogP contribution in [0.15, 0.2) is 24.3 Å². The Hall–Kier alpha value is -1.29. The largest absolute Gasteiger partial charge is 0.197 e. The molecule has 0 saturated heterocycles. The minimum absolute atomic E-state index is 0.219. The van der Waals surface area contributed by atoms with Gasteiger partial charge in [0, 0.05) is 0 Å². The molecular weight excluding hydrogens is 290 g/mol. The van der Waals surface area contributed by atoms with Gasteiger partial charge in [0.15, 0.2) is 0 Å². The minimum atomic E-state index is -0.219. The van der Waals surface area contributed by atoms with E-state index in [2.05, 4.69) is 44.2 Å². The third-order valence-corrected chi connectivity index (χ3v) is 7.15. The third kappa shape index (κ3) is 3.53. The van der Waals surface area contributed by atoms with Gasteiger partial charge in [0.1, 0.15) is 0 Å². The van der Waals surface area contributed by atoms with Gasteiger partial charge in [0.25, 0.3) is 0 Å². The van der Waals surface area contributed by atoms with E-state index in [1.54, 1.807) is 0 Å². The van der Waals surface area contributed by atoms with E-state index in [9.17, 15) is 5.26 Å². The highest BCUT2D eigenvalue weighted by Crippen LogP contribution is 2.47. The maximum atomic E-state index is 9.93. The second-order valence-electron chi connectivity index (χ2n) is 8.27. The maximum absolute atomic E-state index is 9.93. The second kappa shape index (κ2) is 7.73. The molecule has 0 N–H and O–H groups in total. The van der Waals surface area contributed by atoms with Gasteiger partial charge in [0.2, 0.25) is 0 Å². The molecule has 0 radical (unpaired) electrons. The average Bonchev–Trinajstić information content (AvgIpc) is 2.68. The van der Waals surface area contributed by atoms with Crippen molar-refractivity contribution in [2.24, 2.45) is 17.8 Å². The number of hydrogen-bond acceptors (Lipinski definition) is 1. The summed E-state index contributed by atoms with van der Waals surface area (Å²) in [6, 6.07) is 11.6. The fourth-order valence-electron chi connectivity index (χ4n) is 5.20. The van der Waals surface area contributed by atoms with E-state index in [4.69, 9.17) is 0 Å². The topological polar surface area (TPSA) is 23.8 Å². The van der Waals surface area contributed by atoms with Crippen molar-refractivity contribution >= 4 is 0 Å². The zero-order chi connectivity index (χ0) is 17.0. The molecule has 3 rings (SSSR count). The fraction of sp³-hybridized carbons (Fsp3) is 0.696. The minimum Gasteiger partial charge on any atom is -0.197 e. The first-order chi connectivity index (χ1) is 11.7. The molecule has 0 amide bonds. The van der Waals surface area contributed by atoms with Crippen molar-refractivity contribution in [3.05, 3.63) is 35.4 Å². The predicted octanol–water partition coefficient (Wildman–Crippen LogP) is 6.42. The lowest BCUT2D eigenvalue weighted by molar-refractivity contribution is 0.146. The number of hydrogen-bond donors (Lipinski definition) is 0. The molecule has 1 heteroatoms. The van der Waals surface area contributed by atoms with Crippen molar-refractivity contribution in [2.45, 2.75) is 83.5 Å². The Morgan fingerprint density at radius 2 is 1.50 bits per heavy atom. The zero-order valence-corrected chi connectivity index (χ0v) is 15.6. The SMILES string of the molecule is CCc1ccc(C2(C#N)CCC(C3CCC(CC)CC3)CC2)cc1. The molecule has 130 valence electrons. The van der Waals surface area contributed by atoms with Crippen molar-refractivity contribution < 1.29 is 0 Å². The van der Waals surface area contributed by atoms with Crippen LogP contribution in [0.5, 0.6) is 0 Å². The highest BCUT2D eigenvalue weighted by Gasteiger charge is 2.39. The van der Waals surface area contributed by atoms with Crippen LogP contribution in [-0.4, -0.2) is 0 Å². The number of benzene rings is 1. The Morgan fingerprint density at radius 3 is 2.00 bits per heavy atom. The Morgan fingerprint density at radius 1 is 0.917 bits per heavy atom. The summed E-state index contributed by atoms with van der Waals surface area (Å²) in [5, 5.41) is 9.93. The summed E-state index contributed by atoms with van der Waals surface area (Å²) in [6.07, 6.45) is 12.8. The fourth-order valence-corrected chi connectivity index (χ4v) is 5.20. The Balaban J connectivity index is 1.62. The van der Waals surface area contributed by atoms with Gasteiger partial charge in [0.05, 0.1) is 11.5 Å². The molecule has 24 heavy (non-hydrogen) atoms. The van der Waals surface area contributed by atoms with Gasteiger partial charge in [-0.3, -0.25) is 0 Å². The zero-order valence-electron chi connectivity index (χ0n) is 15.6. The number of aryl methyl sites for hydroxylation is 1. The predicted molar refractivity (Wildman–Crippen MR) is 101 cm³/mol. The molecule has 2 fully saturated rings. The lowest BCUT2D eigenvalue weighted by Gasteiger charge is -2.41. The van der Waals surface area contributed by atoms with Crippen molar-refractivity contribution in [1.82, 2.24) is 0 Å². The van der Waals surface area contributed by atoms with Crippen LogP contribution >= 0.6 is 0 Å². The van der Waals surface area contributed by atoms with E-state index >= 15 is 0 Å². The van der Waals surface area contributed by atoms with E-state index < -0.39 is 0 Å². The summed E-state index contributed by atoms with van der Waals surface area (Å²) in [7, 11) is 0. The summed E-state index contributed by atoms with van der Waals surface area (Å²) >= 11 is 0. The van der Waals surface area contributed by atoms with Gasteiger partial charge in [-0.25, -0.2) is 0 Å². The standard InChI is InChI=1S/C23H33N/c1-3-18-5-9-20(10-6-18)21-13-15-23(17-24,16-14-21)22-11-7-19(4-2)8-12-22/h7-8,11-12,18,20-21H,3-6,9-10,13-16H2,1-2H3. The third-order valence-electron chi connectivity index (χ3n) is 7.15. The summed E-state index contributed by atoms with van der Waals surface area (Å²) in [5.41, 5.74) is 2.41. The van der Waals surface area contributed by atoms with Crippen LogP contribution < -0.4 is 0 Å². The first-order valence-electron chi connectivity index (χ1n) is 10.2. The molecule has 1 nitrogen and oxygen atoms in total. The van der Waals surface area contributed by atoms with E-state index in [0.717, 1.165) is 37.0 Å². The number of rotatable bonds is 4. The van der Waals surface area contributed by atoms with Crippen LogP contribution in [0.25, 0.3) is 0 Å². The Kier molecular flexibility index (Phi) is 5.65. The van der Waals surface area contributed by atoms with Crippen LogP contribution in [0.3, 0.4) is 0 Å². The smallest absolute Gasteiger partial charge is 0.0822 e. The highest BCUT2D eigenvalue weighted by atomic mass is 14.4. The van der Waals surface area contributed by atoms with Crippen molar-refractivity contribution in [2.75, 3.05) is 0 Å². The molecule has 1 aromatic carbocycles. The molecule has 0 bridgehead atoms. The molecular formula is C23H33N. The summed E-state index contributed by atoms with van der Waals surface area (Å²) in [6.45, 7) is 4.53. The molecule has 0 aliphatic heterocycles. The van der Waals surface area contributed by atoms with Gasteiger partial charge in [-0.1, -0.05) is 57.4 Å². The molecule has 0 spiro atoms. The van der Waals surface area contributed by atoms with Gasteiger partial charge >= 0.3 is 0 Å². The summed E-state index contributed by atoms with van der Waals surface area (Å²) < 4.78 is 0. The van der Waals surface area contributed by atoms with Crippen LogP contribution in [0, 0.1) is 29.1 Å². The Bertz CT molecular complexity index is 549. The first-order valence-corrected chi connectivity index (χ1v) is 10.2. The Labute approximate surface area is 148 Å². The lowest BCUT2D eigenvalue weighted by atomic mass is 9.63. The van der Waals surface area contributed by atoms with Gasteiger partial charge < -0.3 is 0 Å². The molecule has 2 aliphatic rings. The highest BCUT2D eigenvalue weighted by molar-refractivity contribution is 5.35. The molecule has 1 aromatic rings. The van der Waals surface area contributed by atoms with Crippen molar-refractivity contribution in [1.29, 1.82) is 5.26 Å². The van der Waals surface area contributed by atoms with Crippen LogP contribution in [0.1, 0.15) is 82.8 Å². The van der Waals surface area contributed by atoms with Gasteiger partial charge in [-0.2, -0.15) is 5.26 Å². The van der Waals surface area contributed by atoms with Gasteiger partial charge in [-0.05, 0) is 73.8 Å². The number of nitrogens with zero attached hydrogens (tertiary/aromatic N) is 1. The van der Waals surface area contributed by atoms with E-state index in [1.165, 1.54) is 56.1 Å². The van der Waals surface area contributed by atoms with E-state index in [1.807, 2.05) is 0 Å². The quantitative estimate of drug-likeness (QED) is 0.627. The van der Waals surface area contributed by atoms with E-state index in [-0.39, 0.29) is 5.41 Å². The number of nitriles is 1. The molecule has 2 saturated carbocycles. The average molecular weight is 324 g/mol. The van der Waals surface area contributed by atoms with Crippen LogP contribution in [0.2, 0.25) is 0 Å². The molecule has 0 atom stereocenters. The van der Waals surface area contributed by atoms with Crippen molar-refractivity contribution in [3.63, 3.8) is 0 Å². The molecule has 2 aliphatic carbocycles. The second-order valence-corrected chi connectivity index (χ2v) is 8.27. The normalized spacial score (nSPS) is 33.8. The summed E-state index contributed by atoms with van der Waals surface area (Å²) in [4.78, 5) is 0. The molecule has 0 heterocycles. The molecule has 0 aromatic heterocycles.